The van der Waals surface area contributed by atoms with Crippen LogP contribution < -0.4 is 0 Å². The summed E-state index contributed by atoms with van der Waals surface area (Å²) in [6, 6.07) is 7.01. The van der Waals surface area contributed by atoms with Crippen LogP contribution >= 0.6 is 15.9 Å². The number of piperidine rings is 1. The highest BCUT2D eigenvalue weighted by atomic mass is 79.9. The molecule has 0 aliphatic carbocycles. The van der Waals surface area contributed by atoms with Gasteiger partial charge in [0.05, 0.1) is 5.56 Å². The summed E-state index contributed by atoms with van der Waals surface area (Å²) >= 11 is 3.64. The molecule has 0 atom stereocenters. The first-order valence-electron chi connectivity index (χ1n) is 5.97. The van der Waals surface area contributed by atoms with E-state index >= 15 is 0 Å². The van der Waals surface area contributed by atoms with Crippen molar-refractivity contribution in [1.82, 2.24) is 4.90 Å². The Balaban J connectivity index is 2.20. The molecular weight excluding hydrogens is 294 g/mol. The molecule has 18 heavy (non-hydrogen) atoms. The quantitative estimate of drug-likeness (QED) is 0.912. The number of carboxylic acids is 1. The summed E-state index contributed by atoms with van der Waals surface area (Å²) in [5.74, 6) is -0.885. The molecule has 1 aliphatic heterocycles. The first kappa shape index (κ1) is 13.3. The normalized spacial score (nSPS) is 16.7. The zero-order valence-corrected chi connectivity index (χ0v) is 11.9. The minimum atomic E-state index is -0.885. The van der Waals surface area contributed by atoms with Gasteiger partial charge in [-0.3, -0.25) is 0 Å². The van der Waals surface area contributed by atoms with Crippen molar-refractivity contribution < 1.29 is 9.90 Å². The van der Waals surface area contributed by atoms with Gasteiger partial charge >= 0.3 is 5.97 Å². The van der Waals surface area contributed by atoms with Gasteiger partial charge in [-0.25, -0.2) is 4.79 Å². The van der Waals surface area contributed by atoms with E-state index in [1.165, 1.54) is 5.57 Å². The Kier molecular flexibility index (Phi) is 4.19. The highest BCUT2D eigenvalue weighted by Crippen LogP contribution is 2.31. The van der Waals surface area contributed by atoms with Crippen molar-refractivity contribution in [2.75, 3.05) is 20.1 Å². The fourth-order valence-corrected chi connectivity index (χ4v) is 2.73. The SMILES string of the molecule is CN1CCC(=C(Br)c2ccc(C(=O)O)cc2)CC1. The second kappa shape index (κ2) is 5.67. The first-order valence-corrected chi connectivity index (χ1v) is 6.77. The Labute approximate surface area is 115 Å². The van der Waals surface area contributed by atoms with Gasteiger partial charge in [0.1, 0.15) is 0 Å². The number of hydrogen-bond acceptors (Lipinski definition) is 2. The highest BCUT2D eigenvalue weighted by Gasteiger charge is 2.14. The molecule has 3 nitrogen and oxygen atoms in total. The summed E-state index contributed by atoms with van der Waals surface area (Å²) in [6.07, 6.45) is 2.13. The van der Waals surface area contributed by atoms with E-state index in [-0.39, 0.29) is 0 Å². The maximum atomic E-state index is 10.8. The maximum absolute atomic E-state index is 10.8. The minimum absolute atomic E-state index is 0.326. The summed E-state index contributed by atoms with van der Waals surface area (Å²) in [5, 5.41) is 8.86. The van der Waals surface area contributed by atoms with Crippen molar-refractivity contribution in [3.63, 3.8) is 0 Å². The van der Waals surface area contributed by atoms with Crippen molar-refractivity contribution >= 4 is 26.4 Å². The molecule has 0 aromatic heterocycles. The number of hydrogen-bond donors (Lipinski definition) is 1. The lowest BCUT2D eigenvalue weighted by Crippen LogP contribution is -2.26. The van der Waals surface area contributed by atoms with Crippen LogP contribution in [0, 0.1) is 0 Å². The van der Waals surface area contributed by atoms with Gasteiger partial charge in [-0.05, 0) is 37.6 Å². The van der Waals surface area contributed by atoms with E-state index in [1.54, 1.807) is 12.1 Å². The smallest absolute Gasteiger partial charge is 0.335 e. The van der Waals surface area contributed by atoms with Gasteiger partial charge in [0.2, 0.25) is 0 Å². The number of benzene rings is 1. The third-order valence-corrected chi connectivity index (χ3v) is 4.30. The molecule has 1 saturated heterocycles. The van der Waals surface area contributed by atoms with Gasteiger partial charge < -0.3 is 10.0 Å². The molecular formula is C14H16BrNO2. The Bertz CT molecular complexity index is 469. The van der Waals surface area contributed by atoms with Crippen LogP contribution in [0.5, 0.6) is 0 Å². The third kappa shape index (κ3) is 3.00. The molecule has 1 aromatic carbocycles. The Morgan fingerprint density at radius 1 is 1.17 bits per heavy atom. The van der Waals surface area contributed by atoms with Gasteiger partial charge in [-0.15, -0.1) is 0 Å². The summed E-state index contributed by atoms with van der Waals surface area (Å²) in [7, 11) is 2.13. The van der Waals surface area contributed by atoms with E-state index in [4.69, 9.17) is 5.11 Å². The number of carboxylic acid groups (broad SMARTS) is 1. The minimum Gasteiger partial charge on any atom is -0.478 e. The Hall–Kier alpha value is -1.13. The lowest BCUT2D eigenvalue weighted by Gasteiger charge is -2.25. The molecule has 4 heteroatoms. The number of rotatable bonds is 2. The molecule has 0 saturated carbocycles. The molecule has 0 unspecified atom stereocenters. The van der Waals surface area contributed by atoms with Crippen molar-refractivity contribution in [2.24, 2.45) is 0 Å². The van der Waals surface area contributed by atoms with E-state index in [1.807, 2.05) is 12.1 Å². The van der Waals surface area contributed by atoms with Gasteiger partial charge in [-0.2, -0.15) is 0 Å². The third-order valence-electron chi connectivity index (χ3n) is 3.29. The number of aromatic carboxylic acids is 1. The molecule has 1 aliphatic rings. The maximum Gasteiger partial charge on any atom is 0.335 e. The molecule has 0 radical (unpaired) electrons. The summed E-state index contributed by atoms with van der Waals surface area (Å²) in [4.78, 5) is 13.1. The first-order chi connectivity index (χ1) is 8.58. The molecule has 0 spiro atoms. The van der Waals surface area contributed by atoms with Crippen LogP contribution in [0.15, 0.2) is 29.8 Å². The van der Waals surface area contributed by atoms with Gasteiger partial charge in [-0.1, -0.05) is 33.6 Å². The lowest BCUT2D eigenvalue weighted by molar-refractivity contribution is 0.0697. The molecule has 1 aromatic rings. The fraction of sp³-hybridized carbons (Fsp3) is 0.357. The lowest BCUT2D eigenvalue weighted by atomic mass is 10.0. The van der Waals surface area contributed by atoms with E-state index in [0.29, 0.717) is 5.56 Å². The van der Waals surface area contributed by atoms with Crippen molar-refractivity contribution in [3.05, 3.63) is 41.0 Å². The van der Waals surface area contributed by atoms with E-state index < -0.39 is 5.97 Å². The topological polar surface area (TPSA) is 40.5 Å². The zero-order valence-electron chi connectivity index (χ0n) is 10.3. The fourth-order valence-electron chi connectivity index (χ4n) is 2.07. The van der Waals surface area contributed by atoms with Crippen LogP contribution in [0.4, 0.5) is 0 Å². The van der Waals surface area contributed by atoms with Gasteiger partial charge in [0.15, 0.2) is 0 Å². The number of nitrogens with zero attached hydrogens (tertiary/aromatic N) is 1. The highest BCUT2D eigenvalue weighted by molar-refractivity contribution is 9.15. The molecule has 1 heterocycles. The average Bonchev–Trinajstić information content (AvgIpc) is 2.39. The van der Waals surface area contributed by atoms with E-state index in [9.17, 15) is 4.79 Å². The molecule has 1 fully saturated rings. The summed E-state index contributed by atoms with van der Waals surface area (Å²) in [6.45, 7) is 2.16. The second-order valence-corrected chi connectivity index (χ2v) is 5.40. The van der Waals surface area contributed by atoms with Crippen molar-refractivity contribution in [1.29, 1.82) is 0 Å². The Morgan fingerprint density at radius 3 is 2.17 bits per heavy atom. The van der Waals surface area contributed by atoms with Crippen molar-refractivity contribution in [2.45, 2.75) is 12.8 Å². The largest absolute Gasteiger partial charge is 0.478 e. The van der Waals surface area contributed by atoms with Crippen LogP contribution in [-0.4, -0.2) is 36.1 Å². The van der Waals surface area contributed by atoms with Crippen LogP contribution in [-0.2, 0) is 0 Å². The zero-order chi connectivity index (χ0) is 13.1. The second-order valence-electron chi connectivity index (χ2n) is 4.60. The average molecular weight is 310 g/mol. The van der Waals surface area contributed by atoms with E-state index in [0.717, 1.165) is 36.0 Å². The summed E-state index contributed by atoms with van der Waals surface area (Å²) < 4.78 is 1.12. The Morgan fingerprint density at radius 2 is 1.67 bits per heavy atom. The van der Waals surface area contributed by atoms with Crippen molar-refractivity contribution in [3.8, 4) is 0 Å². The summed E-state index contributed by atoms with van der Waals surface area (Å²) in [5.41, 5.74) is 2.79. The monoisotopic (exact) mass is 309 g/mol. The van der Waals surface area contributed by atoms with Crippen LogP contribution in [0.1, 0.15) is 28.8 Å². The molecule has 96 valence electrons. The molecule has 0 bridgehead atoms. The number of carbonyl (C=O) groups is 1. The van der Waals surface area contributed by atoms with Crippen LogP contribution in [0.3, 0.4) is 0 Å². The van der Waals surface area contributed by atoms with Gasteiger partial charge in [0, 0.05) is 17.6 Å². The van der Waals surface area contributed by atoms with E-state index in [2.05, 4.69) is 27.9 Å². The van der Waals surface area contributed by atoms with Crippen LogP contribution in [0.2, 0.25) is 0 Å². The molecule has 2 rings (SSSR count). The number of halogens is 1. The molecule has 1 N–H and O–H groups in total. The standard InChI is InChI=1S/C14H16BrNO2/c1-16-8-6-11(7-9-16)13(15)10-2-4-12(5-3-10)14(17)18/h2-5H,6-9H2,1H3,(H,17,18). The van der Waals surface area contributed by atoms with Gasteiger partial charge in [0.25, 0.3) is 0 Å². The van der Waals surface area contributed by atoms with Crippen LogP contribution in [0.25, 0.3) is 4.48 Å². The predicted molar refractivity (Wildman–Crippen MR) is 76.0 cm³/mol. The molecule has 0 amide bonds. The number of likely N-dealkylation sites (tertiary alicyclic amines) is 1. The predicted octanol–water partition coefficient (Wildman–Crippen LogP) is 3.22.